The maximum atomic E-state index is 10.7. The molecular formula is C10H7NOS. The number of rotatable bonds is 2. The molecule has 0 unspecified atom stereocenters. The Bertz CT molecular complexity index is 409. The van der Waals surface area contributed by atoms with Gasteiger partial charge in [-0.1, -0.05) is 24.3 Å². The molecule has 2 rings (SSSR count). The highest BCUT2D eigenvalue weighted by molar-refractivity contribution is 7.03. The lowest BCUT2D eigenvalue weighted by molar-refractivity contribution is 0.112. The first kappa shape index (κ1) is 8.13. The van der Waals surface area contributed by atoms with E-state index in [0.717, 1.165) is 17.5 Å². The third-order valence-electron chi connectivity index (χ3n) is 1.80. The van der Waals surface area contributed by atoms with Gasteiger partial charge in [-0.3, -0.25) is 4.79 Å². The smallest absolute Gasteiger partial charge is 0.150 e. The zero-order valence-electron chi connectivity index (χ0n) is 6.81. The van der Waals surface area contributed by atoms with E-state index in [1.54, 1.807) is 6.07 Å². The fourth-order valence-corrected chi connectivity index (χ4v) is 1.71. The SMILES string of the molecule is O=Cc1ccccc1-c1ccsn1. The van der Waals surface area contributed by atoms with Gasteiger partial charge >= 0.3 is 0 Å². The third-order valence-corrected chi connectivity index (χ3v) is 2.36. The summed E-state index contributed by atoms with van der Waals surface area (Å²) in [5, 5.41) is 1.90. The Balaban J connectivity index is 2.57. The predicted molar refractivity (Wildman–Crippen MR) is 52.9 cm³/mol. The second-order valence-corrected chi connectivity index (χ2v) is 3.26. The van der Waals surface area contributed by atoms with Crippen molar-refractivity contribution in [3.63, 3.8) is 0 Å². The molecule has 0 saturated heterocycles. The fourth-order valence-electron chi connectivity index (χ4n) is 1.18. The molecule has 0 fully saturated rings. The zero-order valence-corrected chi connectivity index (χ0v) is 7.62. The van der Waals surface area contributed by atoms with Crippen molar-refractivity contribution in [1.82, 2.24) is 4.37 Å². The second kappa shape index (κ2) is 3.49. The molecule has 0 N–H and O–H groups in total. The standard InChI is InChI=1S/C10H7NOS/c12-7-8-3-1-2-4-9(8)10-5-6-13-11-10/h1-7H. The van der Waals surface area contributed by atoms with E-state index in [0.29, 0.717) is 5.56 Å². The van der Waals surface area contributed by atoms with Crippen LogP contribution in [0.5, 0.6) is 0 Å². The first-order valence-electron chi connectivity index (χ1n) is 3.87. The van der Waals surface area contributed by atoms with Gasteiger partial charge in [-0.15, -0.1) is 0 Å². The highest BCUT2D eigenvalue weighted by atomic mass is 32.1. The first-order chi connectivity index (χ1) is 6.42. The van der Waals surface area contributed by atoms with Crippen LogP contribution in [0.2, 0.25) is 0 Å². The molecule has 1 aromatic carbocycles. The minimum absolute atomic E-state index is 0.688. The molecule has 0 bridgehead atoms. The molecule has 3 heteroatoms. The maximum Gasteiger partial charge on any atom is 0.150 e. The Kier molecular flexibility index (Phi) is 2.19. The largest absolute Gasteiger partial charge is 0.298 e. The summed E-state index contributed by atoms with van der Waals surface area (Å²) < 4.78 is 4.18. The summed E-state index contributed by atoms with van der Waals surface area (Å²) in [6.45, 7) is 0. The van der Waals surface area contributed by atoms with Crippen LogP contribution in [0, 0.1) is 0 Å². The molecular weight excluding hydrogens is 182 g/mol. The van der Waals surface area contributed by atoms with Gasteiger partial charge in [0.2, 0.25) is 0 Å². The Labute approximate surface area is 80.0 Å². The summed E-state index contributed by atoms with van der Waals surface area (Å²) >= 11 is 1.39. The number of aromatic nitrogens is 1. The topological polar surface area (TPSA) is 30.0 Å². The third kappa shape index (κ3) is 1.51. The predicted octanol–water partition coefficient (Wildman–Crippen LogP) is 2.62. The normalized spacial score (nSPS) is 9.85. The second-order valence-electron chi connectivity index (χ2n) is 2.59. The van der Waals surface area contributed by atoms with Gasteiger partial charge in [0, 0.05) is 16.5 Å². The fraction of sp³-hybridized carbons (Fsp3) is 0. The summed E-state index contributed by atoms with van der Waals surface area (Å²) in [5.74, 6) is 0. The van der Waals surface area contributed by atoms with Crippen LogP contribution in [0.1, 0.15) is 10.4 Å². The highest BCUT2D eigenvalue weighted by Gasteiger charge is 2.04. The van der Waals surface area contributed by atoms with Crippen LogP contribution >= 0.6 is 11.5 Å². The lowest BCUT2D eigenvalue weighted by atomic mass is 10.1. The summed E-state index contributed by atoms with van der Waals surface area (Å²) in [7, 11) is 0. The van der Waals surface area contributed by atoms with Crippen molar-refractivity contribution in [3.05, 3.63) is 41.3 Å². The number of benzene rings is 1. The van der Waals surface area contributed by atoms with Gasteiger partial charge in [-0.2, -0.15) is 4.37 Å². The molecule has 13 heavy (non-hydrogen) atoms. The molecule has 0 atom stereocenters. The molecule has 0 aliphatic carbocycles. The summed E-state index contributed by atoms with van der Waals surface area (Å²) in [4.78, 5) is 10.7. The average Bonchev–Trinajstić information content (AvgIpc) is 2.70. The number of carbonyl (C=O) groups is 1. The van der Waals surface area contributed by atoms with Gasteiger partial charge in [-0.05, 0) is 17.6 Å². The molecule has 0 aliphatic heterocycles. The minimum Gasteiger partial charge on any atom is -0.298 e. The monoisotopic (exact) mass is 189 g/mol. The van der Waals surface area contributed by atoms with Crippen molar-refractivity contribution in [2.75, 3.05) is 0 Å². The molecule has 0 spiro atoms. The minimum atomic E-state index is 0.688. The Morgan fingerprint density at radius 1 is 1.23 bits per heavy atom. The van der Waals surface area contributed by atoms with Gasteiger partial charge in [0.1, 0.15) is 0 Å². The number of aldehydes is 1. The number of hydrogen-bond acceptors (Lipinski definition) is 3. The van der Waals surface area contributed by atoms with Crippen molar-refractivity contribution in [1.29, 1.82) is 0 Å². The van der Waals surface area contributed by atoms with Crippen molar-refractivity contribution in [2.24, 2.45) is 0 Å². The molecule has 0 saturated carbocycles. The lowest BCUT2D eigenvalue weighted by Gasteiger charge is -1.98. The van der Waals surface area contributed by atoms with E-state index in [9.17, 15) is 4.79 Å². The van der Waals surface area contributed by atoms with Gasteiger partial charge < -0.3 is 0 Å². The summed E-state index contributed by atoms with van der Waals surface area (Å²) in [6.07, 6.45) is 0.856. The van der Waals surface area contributed by atoms with Gasteiger partial charge in [0.15, 0.2) is 6.29 Å². The molecule has 0 amide bonds. The molecule has 2 aromatic rings. The van der Waals surface area contributed by atoms with E-state index in [1.165, 1.54) is 11.5 Å². The van der Waals surface area contributed by atoms with E-state index in [-0.39, 0.29) is 0 Å². The van der Waals surface area contributed by atoms with Crippen LogP contribution in [0.3, 0.4) is 0 Å². The molecule has 0 aliphatic rings. The molecule has 2 nitrogen and oxygen atoms in total. The van der Waals surface area contributed by atoms with Crippen molar-refractivity contribution >= 4 is 17.8 Å². The van der Waals surface area contributed by atoms with Crippen LogP contribution in [0.15, 0.2) is 35.7 Å². The molecule has 64 valence electrons. The molecule has 1 heterocycles. The van der Waals surface area contributed by atoms with Crippen LogP contribution < -0.4 is 0 Å². The summed E-state index contributed by atoms with van der Waals surface area (Å²) in [6, 6.07) is 9.36. The van der Waals surface area contributed by atoms with Crippen molar-refractivity contribution in [2.45, 2.75) is 0 Å². The Hall–Kier alpha value is -1.48. The van der Waals surface area contributed by atoms with Crippen LogP contribution in [0.25, 0.3) is 11.3 Å². The van der Waals surface area contributed by atoms with Gasteiger partial charge in [0.25, 0.3) is 0 Å². The number of nitrogens with zero attached hydrogens (tertiary/aromatic N) is 1. The lowest BCUT2D eigenvalue weighted by Crippen LogP contribution is -1.85. The number of hydrogen-bond donors (Lipinski definition) is 0. The summed E-state index contributed by atoms with van der Waals surface area (Å²) in [5.41, 5.74) is 2.46. The van der Waals surface area contributed by atoms with Crippen LogP contribution in [0.4, 0.5) is 0 Å². The van der Waals surface area contributed by atoms with Gasteiger partial charge in [0.05, 0.1) is 5.69 Å². The van der Waals surface area contributed by atoms with E-state index in [1.807, 2.05) is 29.6 Å². The maximum absolute atomic E-state index is 10.7. The van der Waals surface area contributed by atoms with E-state index >= 15 is 0 Å². The van der Waals surface area contributed by atoms with Crippen LogP contribution in [-0.4, -0.2) is 10.7 Å². The van der Waals surface area contributed by atoms with E-state index in [2.05, 4.69) is 4.37 Å². The van der Waals surface area contributed by atoms with Crippen molar-refractivity contribution in [3.8, 4) is 11.3 Å². The van der Waals surface area contributed by atoms with Crippen molar-refractivity contribution < 1.29 is 4.79 Å². The van der Waals surface area contributed by atoms with E-state index in [4.69, 9.17) is 0 Å². The molecule has 0 radical (unpaired) electrons. The first-order valence-corrected chi connectivity index (χ1v) is 4.70. The zero-order chi connectivity index (χ0) is 9.10. The van der Waals surface area contributed by atoms with Crippen LogP contribution in [-0.2, 0) is 0 Å². The quantitative estimate of drug-likeness (QED) is 0.680. The molecule has 1 aromatic heterocycles. The van der Waals surface area contributed by atoms with E-state index < -0.39 is 0 Å². The number of carbonyl (C=O) groups excluding carboxylic acids is 1. The van der Waals surface area contributed by atoms with Gasteiger partial charge in [-0.25, -0.2) is 0 Å². The average molecular weight is 189 g/mol. The Morgan fingerprint density at radius 2 is 2.08 bits per heavy atom. The Morgan fingerprint density at radius 3 is 2.77 bits per heavy atom. The highest BCUT2D eigenvalue weighted by Crippen LogP contribution is 2.21.